The molecular weight excluding hydrogens is 308 g/mol. The summed E-state index contributed by atoms with van der Waals surface area (Å²) in [4.78, 5) is 0. The second-order valence-electron chi connectivity index (χ2n) is 5.65. The number of aliphatic hydroxyl groups is 1. The van der Waals surface area contributed by atoms with Crippen LogP contribution >= 0.6 is 15.9 Å². The molecule has 2 rings (SSSR count). The molecule has 0 aliphatic carbocycles. The maximum absolute atomic E-state index is 11.1. The van der Waals surface area contributed by atoms with Gasteiger partial charge in [-0.1, -0.05) is 13.3 Å². The monoisotopic (exact) mass is 330 g/mol. The summed E-state index contributed by atoms with van der Waals surface area (Å²) in [6.07, 6.45) is 5.27. The fraction of sp³-hybridized carbons (Fsp3) is 0.786. The van der Waals surface area contributed by atoms with E-state index in [0.29, 0.717) is 19.4 Å². The fourth-order valence-corrected chi connectivity index (χ4v) is 3.47. The molecule has 0 spiro atoms. The van der Waals surface area contributed by atoms with Crippen molar-refractivity contribution in [3.63, 3.8) is 0 Å². The number of hydrogen-bond donors (Lipinski definition) is 1. The van der Waals surface area contributed by atoms with E-state index in [1.807, 2.05) is 4.68 Å². The lowest BCUT2D eigenvalue weighted by Crippen LogP contribution is -2.40. The maximum atomic E-state index is 11.1. The smallest absolute Gasteiger partial charge is 0.112 e. The topological polar surface area (TPSA) is 47.3 Å². The van der Waals surface area contributed by atoms with Crippen molar-refractivity contribution in [1.29, 1.82) is 0 Å². The van der Waals surface area contributed by atoms with Gasteiger partial charge in [-0.15, -0.1) is 0 Å². The first-order chi connectivity index (χ1) is 8.98. The Balaban J connectivity index is 2.30. The molecule has 1 aliphatic heterocycles. The molecule has 1 N–H and O–H groups in total. The van der Waals surface area contributed by atoms with Crippen LogP contribution in [0, 0.1) is 0 Å². The summed E-state index contributed by atoms with van der Waals surface area (Å²) in [7, 11) is 0. The molecule has 19 heavy (non-hydrogen) atoms. The summed E-state index contributed by atoms with van der Waals surface area (Å²) in [5, 5.41) is 15.4. The molecule has 1 aromatic heterocycles. The lowest BCUT2D eigenvalue weighted by atomic mass is 9.85. The van der Waals surface area contributed by atoms with E-state index in [1.165, 1.54) is 0 Å². The van der Waals surface area contributed by atoms with Gasteiger partial charge in [0.15, 0.2) is 0 Å². The first-order valence-corrected chi connectivity index (χ1v) is 7.84. The predicted molar refractivity (Wildman–Crippen MR) is 78.1 cm³/mol. The molecule has 2 atom stereocenters. The zero-order valence-corrected chi connectivity index (χ0v) is 13.5. The van der Waals surface area contributed by atoms with Crippen molar-refractivity contribution >= 4 is 15.9 Å². The summed E-state index contributed by atoms with van der Waals surface area (Å²) in [6.45, 7) is 6.91. The SMILES string of the molecule is CCCC1CC(O)(c2c(Br)cnn2C(C)C)CCO1. The summed E-state index contributed by atoms with van der Waals surface area (Å²) in [5.74, 6) is 0. The van der Waals surface area contributed by atoms with Gasteiger partial charge >= 0.3 is 0 Å². The Hall–Kier alpha value is -0.390. The number of nitrogens with zero attached hydrogens (tertiary/aromatic N) is 2. The first kappa shape index (κ1) is 15.0. The van der Waals surface area contributed by atoms with Gasteiger partial charge in [-0.25, -0.2) is 0 Å². The highest BCUT2D eigenvalue weighted by atomic mass is 79.9. The third-order valence-corrected chi connectivity index (χ3v) is 4.31. The Bertz CT molecular complexity index is 431. The van der Waals surface area contributed by atoms with Crippen LogP contribution < -0.4 is 0 Å². The normalized spacial score (nSPS) is 28.0. The van der Waals surface area contributed by atoms with Gasteiger partial charge in [0.2, 0.25) is 0 Å². The van der Waals surface area contributed by atoms with Crippen LogP contribution in [0.2, 0.25) is 0 Å². The molecule has 1 saturated heterocycles. The molecule has 1 aromatic rings. The average molecular weight is 331 g/mol. The third-order valence-electron chi connectivity index (χ3n) is 3.73. The van der Waals surface area contributed by atoms with E-state index in [4.69, 9.17) is 4.74 Å². The largest absolute Gasteiger partial charge is 0.383 e. The lowest BCUT2D eigenvalue weighted by Gasteiger charge is -2.38. The molecule has 0 radical (unpaired) electrons. The molecule has 108 valence electrons. The second-order valence-corrected chi connectivity index (χ2v) is 6.50. The van der Waals surface area contributed by atoms with E-state index in [-0.39, 0.29) is 12.1 Å². The number of aromatic nitrogens is 2. The molecule has 1 aliphatic rings. The molecular formula is C14H23BrN2O2. The van der Waals surface area contributed by atoms with Crippen molar-refractivity contribution < 1.29 is 9.84 Å². The Morgan fingerprint density at radius 3 is 3.00 bits per heavy atom. The van der Waals surface area contributed by atoms with Gasteiger partial charge in [0.1, 0.15) is 5.60 Å². The van der Waals surface area contributed by atoms with Gasteiger partial charge in [-0.05, 0) is 36.2 Å². The molecule has 5 heteroatoms. The minimum atomic E-state index is -0.836. The van der Waals surface area contributed by atoms with Crippen molar-refractivity contribution in [2.24, 2.45) is 0 Å². The maximum Gasteiger partial charge on any atom is 0.112 e. The van der Waals surface area contributed by atoms with Gasteiger partial charge in [-0.3, -0.25) is 4.68 Å². The summed E-state index contributed by atoms with van der Waals surface area (Å²) in [5.41, 5.74) is 0.0597. The standard InChI is InChI=1S/C14H23BrN2O2/c1-4-5-11-8-14(18,6-7-19-11)13-12(15)9-16-17(13)10(2)3/h9-11,18H,4-8H2,1-3H3. The fourth-order valence-electron chi connectivity index (χ4n) is 2.82. The molecule has 0 saturated carbocycles. The van der Waals surface area contributed by atoms with Crippen LogP contribution in [0.4, 0.5) is 0 Å². The summed E-state index contributed by atoms with van der Waals surface area (Å²) < 4.78 is 8.55. The number of hydrogen-bond acceptors (Lipinski definition) is 3. The van der Waals surface area contributed by atoms with Crippen LogP contribution in [0.25, 0.3) is 0 Å². The van der Waals surface area contributed by atoms with Gasteiger partial charge in [0.25, 0.3) is 0 Å². The molecule has 0 aromatic carbocycles. The van der Waals surface area contributed by atoms with E-state index in [1.54, 1.807) is 6.20 Å². The van der Waals surface area contributed by atoms with Crippen LogP contribution in [-0.4, -0.2) is 27.6 Å². The van der Waals surface area contributed by atoms with Crippen LogP contribution in [0.5, 0.6) is 0 Å². The minimum Gasteiger partial charge on any atom is -0.383 e. The van der Waals surface area contributed by atoms with Crippen molar-refractivity contribution in [3.8, 4) is 0 Å². The highest BCUT2D eigenvalue weighted by molar-refractivity contribution is 9.10. The lowest BCUT2D eigenvalue weighted by molar-refractivity contribution is -0.114. The molecule has 0 bridgehead atoms. The van der Waals surface area contributed by atoms with Crippen LogP contribution in [0.3, 0.4) is 0 Å². The van der Waals surface area contributed by atoms with E-state index < -0.39 is 5.60 Å². The van der Waals surface area contributed by atoms with E-state index in [0.717, 1.165) is 23.0 Å². The van der Waals surface area contributed by atoms with Crippen LogP contribution in [-0.2, 0) is 10.3 Å². The Kier molecular flexibility index (Phi) is 4.69. The Morgan fingerprint density at radius 1 is 1.63 bits per heavy atom. The number of halogens is 1. The Labute approximate surface area is 123 Å². The van der Waals surface area contributed by atoms with Crippen molar-refractivity contribution in [2.45, 2.75) is 64.2 Å². The van der Waals surface area contributed by atoms with Crippen molar-refractivity contribution in [3.05, 3.63) is 16.4 Å². The predicted octanol–water partition coefficient (Wildman–Crippen LogP) is 3.39. The number of rotatable bonds is 4. The van der Waals surface area contributed by atoms with E-state index >= 15 is 0 Å². The van der Waals surface area contributed by atoms with E-state index in [2.05, 4.69) is 41.8 Å². The zero-order valence-electron chi connectivity index (χ0n) is 11.9. The molecule has 1 fully saturated rings. The highest BCUT2D eigenvalue weighted by Crippen LogP contribution is 2.40. The van der Waals surface area contributed by atoms with Crippen LogP contribution in [0.15, 0.2) is 10.7 Å². The minimum absolute atomic E-state index is 0.145. The van der Waals surface area contributed by atoms with Gasteiger partial charge in [0.05, 0.1) is 29.1 Å². The van der Waals surface area contributed by atoms with Crippen molar-refractivity contribution in [2.75, 3.05) is 6.61 Å². The second kappa shape index (κ2) is 5.94. The molecule has 2 heterocycles. The highest BCUT2D eigenvalue weighted by Gasteiger charge is 2.40. The summed E-state index contributed by atoms with van der Waals surface area (Å²) in [6, 6.07) is 0.234. The van der Waals surface area contributed by atoms with E-state index in [9.17, 15) is 5.11 Å². The van der Waals surface area contributed by atoms with Gasteiger partial charge in [0, 0.05) is 18.9 Å². The van der Waals surface area contributed by atoms with Crippen LogP contribution in [0.1, 0.15) is 58.2 Å². The average Bonchev–Trinajstić information content (AvgIpc) is 2.72. The summed E-state index contributed by atoms with van der Waals surface area (Å²) >= 11 is 3.53. The zero-order chi connectivity index (χ0) is 14.0. The first-order valence-electron chi connectivity index (χ1n) is 7.05. The molecule has 4 nitrogen and oxygen atoms in total. The number of ether oxygens (including phenoxy) is 1. The molecule has 2 unspecified atom stereocenters. The van der Waals surface area contributed by atoms with Gasteiger partial charge in [-0.2, -0.15) is 5.10 Å². The van der Waals surface area contributed by atoms with Crippen molar-refractivity contribution in [1.82, 2.24) is 9.78 Å². The Morgan fingerprint density at radius 2 is 2.37 bits per heavy atom. The molecule has 0 amide bonds. The third kappa shape index (κ3) is 3.03. The quantitative estimate of drug-likeness (QED) is 0.920. The van der Waals surface area contributed by atoms with Gasteiger partial charge < -0.3 is 9.84 Å².